The molecule has 2 aliphatic heterocycles. The normalized spacial score (nSPS) is 24.4. The minimum Gasteiger partial charge on any atom is -0.394 e. The number of rotatable bonds is 4. The molecule has 0 spiro atoms. The van der Waals surface area contributed by atoms with Crippen molar-refractivity contribution in [1.82, 2.24) is 14.5 Å². The van der Waals surface area contributed by atoms with E-state index in [0.717, 1.165) is 32.2 Å². The Bertz CT molecular complexity index is 410. The van der Waals surface area contributed by atoms with Crippen LogP contribution in [0.25, 0.3) is 0 Å². The van der Waals surface area contributed by atoms with E-state index in [1.54, 1.807) is 0 Å². The third-order valence-electron chi connectivity index (χ3n) is 4.53. The summed E-state index contributed by atoms with van der Waals surface area (Å²) in [6.45, 7) is 3.90. The molecule has 2 aliphatic rings. The van der Waals surface area contributed by atoms with Gasteiger partial charge in [-0.3, -0.25) is 0 Å². The number of hydrogen-bond acceptors (Lipinski definition) is 3. The van der Waals surface area contributed by atoms with E-state index in [0.29, 0.717) is 0 Å². The molecule has 0 saturated carbocycles. The topological polar surface area (TPSA) is 41.3 Å². The Labute approximate surface area is 115 Å². The second-order valence-electron chi connectivity index (χ2n) is 5.94. The van der Waals surface area contributed by atoms with Crippen LogP contribution in [0.15, 0.2) is 6.20 Å². The molecule has 1 saturated heterocycles. The van der Waals surface area contributed by atoms with Gasteiger partial charge in [-0.2, -0.15) is 0 Å². The average molecular weight is 263 g/mol. The Balaban J connectivity index is 1.60. The number of nitrogens with zero attached hydrogens (tertiary/aromatic N) is 3. The van der Waals surface area contributed by atoms with Gasteiger partial charge in [0.25, 0.3) is 0 Å². The van der Waals surface area contributed by atoms with E-state index in [2.05, 4.69) is 15.7 Å². The zero-order chi connectivity index (χ0) is 13.1. The molecule has 4 nitrogen and oxygen atoms in total. The van der Waals surface area contributed by atoms with Gasteiger partial charge in [-0.15, -0.1) is 0 Å². The molecule has 1 aromatic rings. The van der Waals surface area contributed by atoms with Crippen molar-refractivity contribution in [3.63, 3.8) is 0 Å². The molecule has 106 valence electrons. The van der Waals surface area contributed by atoms with Crippen LogP contribution in [-0.2, 0) is 12.8 Å². The highest BCUT2D eigenvalue weighted by Gasteiger charge is 2.21. The summed E-state index contributed by atoms with van der Waals surface area (Å²) < 4.78 is 2.22. The van der Waals surface area contributed by atoms with E-state index < -0.39 is 0 Å². The quantitative estimate of drug-likeness (QED) is 0.900. The smallest absolute Gasteiger partial charge is 0.109 e. The number of aliphatic hydroxyl groups excluding tert-OH is 1. The summed E-state index contributed by atoms with van der Waals surface area (Å²) in [5.74, 6) is 1.18. The molecule has 0 aliphatic carbocycles. The minimum atomic E-state index is 0.245. The van der Waals surface area contributed by atoms with Crippen LogP contribution in [0.3, 0.4) is 0 Å². The van der Waals surface area contributed by atoms with Gasteiger partial charge in [-0.05, 0) is 38.8 Å². The number of aryl methyl sites for hydroxylation is 1. The zero-order valence-corrected chi connectivity index (χ0v) is 11.7. The first-order valence-electron chi connectivity index (χ1n) is 7.76. The maximum Gasteiger partial charge on any atom is 0.109 e. The summed E-state index contributed by atoms with van der Waals surface area (Å²) in [5, 5.41) is 9.42. The number of aliphatic hydroxyl groups is 1. The third-order valence-corrected chi connectivity index (χ3v) is 4.53. The van der Waals surface area contributed by atoms with Crippen LogP contribution in [0.1, 0.15) is 49.7 Å². The van der Waals surface area contributed by atoms with Crippen molar-refractivity contribution in [2.24, 2.45) is 0 Å². The zero-order valence-electron chi connectivity index (χ0n) is 11.7. The molecule has 19 heavy (non-hydrogen) atoms. The maximum atomic E-state index is 9.42. The second-order valence-corrected chi connectivity index (χ2v) is 5.94. The van der Waals surface area contributed by atoms with Crippen molar-refractivity contribution in [3.8, 4) is 0 Å². The summed E-state index contributed by atoms with van der Waals surface area (Å²) in [7, 11) is 0. The molecule has 1 N–H and O–H groups in total. The van der Waals surface area contributed by atoms with Gasteiger partial charge >= 0.3 is 0 Å². The highest BCUT2D eigenvalue weighted by atomic mass is 16.3. The van der Waals surface area contributed by atoms with E-state index in [1.807, 2.05) is 0 Å². The molecule has 0 amide bonds. The number of likely N-dealkylation sites (tertiary alicyclic amines) is 1. The highest BCUT2D eigenvalue weighted by Crippen LogP contribution is 2.24. The third kappa shape index (κ3) is 3.00. The first-order valence-corrected chi connectivity index (χ1v) is 7.76. The lowest BCUT2D eigenvalue weighted by atomic mass is 10.1. The van der Waals surface area contributed by atoms with Crippen molar-refractivity contribution in [2.75, 3.05) is 26.2 Å². The molecule has 4 heteroatoms. The molecule has 3 heterocycles. The minimum absolute atomic E-state index is 0.245. The van der Waals surface area contributed by atoms with Crippen LogP contribution in [0.5, 0.6) is 0 Å². The van der Waals surface area contributed by atoms with Crippen LogP contribution in [0.4, 0.5) is 0 Å². The van der Waals surface area contributed by atoms with Crippen LogP contribution in [-0.4, -0.2) is 45.8 Å². The first kappa shape index (κ1) is 13.1. The lowest BCUT2D eigenvalue weighted by molar-refractivity contribution is 0.206. The van der Waals surface area contributed by atoms with Crippen molar-refractivity contribution in [3.05, 3.63) is 17.7 Å². The number of aromatic nitrogens is 2. The van der Waals surface area contributed by atoms with Crippen molar-refractivity contribution in [1.29, 1.82) is 0 Å². The standard InChI is InChI=1S/C15H25N3O/c19-12-14-5-4-6-15-16-13(11-18(14)15)7-10-17-8-2-1-3-9-17/h11,14,19H,1-10,12H2. The van der Waals surface area contributed by atoms with Gasteiger partial charge in [0, 0.05) is 25.6 Å². The maximum absolute atomic E-state index is 9.42. The van der Waals surface area contributed by atoms with Gasteiger partial charge in [-0.25, -0.2) is 4.98 Å². The summed E-state index contributed by atoms with van der Waals surface area (Å²) in [4.78, 5) is 7.32. The molecular formula is C15H25N3O. The van der Waals surface area contributed by atoms with Crippen LogP contribution in [0, 0.1) is 0 Å². The molecule has 1 aromatic heterocycles. The number of hydrogen-bond donors (Lipinski definition) is 1. The Morgan fingerprint density at radius 1 is 1.21 bits per heavy atom. The Morgan fingerprint density at radius 2 is 2.05 bits per heavy atom. The largest absolute Gasteiger partial charge is 0.394 e. The van der Waals surface area contributed by atoms with E-state index in [1.165, 1.54) is 43.9 Å². The number of fused-ring (bicyclic) bond motifs is 1. The van der Waals surface area contributed by atoms with E-state index in [9.17, 15) is 5.11 Å². The summed E-state index contributed by atoms with van der Waals surface area (Å²) in [6, 6.07) is 0.264. The predicted molar refractivity (Wildman–Crippen MR) is 75.3 cm³/mol. The molecule has 0 bridgehead atoms. The Hall–Kier alpha value is -0.870. The average Bonchev–Trinajstić information content (AvgIpc) is 2.89. The fraction of sp³-hybridized carbons (Fsp3) is 0.800. The Morgan fingerprint density at radius 3 is 2.84 bits per heavy atom. The molecule has 0 aromatic carbocycles. The fourth-order valence-electron chi connectivity index (χ4n) is 3.38. The van der Waals surface area contributed by atoms with E-state index >= 15 is 0 Å². The molecule has 3 rings (SSSR count). The lowest BCUT2D eigenvalue weighted by Gasteiger charge is -2.25. The highest BCUT2D eigenvalue weighted by molar-refractivity contribution is 5.08. The summed E-state index contributed by atoms with van der Waals surface area (Å²) in [5.41, 5.74) is 1.21. The van der Waals surface area contributed by atoms with Crippen LogP contribution in [0.2, 0.25) is 0 Å². The van der Waals surface area contributed by atoms with Crippen molar-refractivity contribution >= 4 is 0 Å². The van der Waals surface area contributed by atoms with Gasteiger partial charge in [0.1, 0.15) is 5.82 Å². The fourth-order valence-corrected chi connectivity index (χ4v) is 3.38. The second kappa shape index (κ2) is 6.06. The monoisotopic (exact) mass is 263 g/mol. The summed E-state index contributed by atoms with van der Waals surface area (Å²) in [6.07, 6.45) is 10.7. The molecular weight excluding hydrogens is 238 g/mol. The number of piperidine rings is 1. The van der Waals surface area contributed by atoms with Gasteiger partial charge in [0.15, 0.2) is 0 Å². The SMILES string of the molecule is OCC1CCCc2nc(CCN3CCCCC3)cn21. The summed E-state index contributed by atoms with van der Waals surface area (Å²) >= 11 is 0. The molecule has 1 atom stereocenters. The van der Waals surface area contributed by atoms with E-state index in [-0.39, 0.29) is 12.6 Å². The lowest BCUT2D eigenvalue weighted by Crippen LogP contribution is -2.31. The molecule has 1 unspecified atom stereocenters. The van der Waals surface area contributed by atoms with Crippen molar-refractivity contribution < 1.29 is 5.11 Å². The van der Waals surface area contributed by atoms with Gasteiger partial charge in [0.05, 0.1) is 18.3 Å². The first-order chi connectivity index (χ1) is 9.36. The van der Waals surface area contributed by atoms with E-state index in [4.69, 9.17) is 4.98 Å². The molecule has 0 radical (unpaired) electrons. The number of imidazole rings is 1. The van der Waals surface area contributed by atoms with Gasteiger partial charge in [0.2, 0.25) is 0 Å². The van der Waals surface area contributed by atoms with Gasteiger partial charge in [-0.1, -0.05) is 6.42 Å². The van der Waals surface area contributed by atoms with Crippen LogP contribution < -0.4 is 0 Å². The Kier molecular flexibility index (Phi) is 4.18. The molecule has 1 fully saturated rings. The van der Waals surface area contributed by atoms with Crippen molar-refractivity contribution in [2.45, 2.75) is 51.0 Å². The van der Waals surface area contributed by atoms with Gasteiger partial charge < -0.3 is 14.6 Å². The predicted octanol–water partition coefficient (Wildman–Crippen LogP) is 1.78. The van der Waals surface area contributed by atoms with Crippen LogP contribution >= 0.6 is 0 Å².